The lowest BCUT2D eigenvalue weighted by atomic mass is 10.3. The fraction of sp³-hybridized carbons (Fsp3) is 0.125. The minimum absolute atomic E-state index is 0.0784. The normalized spacial score (nSPS) is 21.3. The number of para-hydroxylation sites is 1. The number of aliphatic imine (C=N–C) groups is 1. The number of anilines is 1. The Morgan fingerprint density at radius 3 is 2.92 bits per heavy atom. The molecule has 3 heterocycles. The van der Waals surface area contributed by atoms with E-state index in [0.717, 1.165) is 15.6 Å². The van der Waals surface area contributed by atoms with Gasteiger partial charge in [-0.3, -0.25) is 9.69 Å². The molecule has 0 bridgehead atoms. The Bertz CT molecular complexity index is 905. The first-order chi connectivity index (χ1) is 12.2. The number of carbonyl (C=O) groups excluding carboxylic acids is 1. The first kappa shape index (κ1) is 16.0. The van der Waals surface area contributed by atoms with Crippen LogP contribution in [-0.2, 0) is 4.79 Å². The molecule has 1 saturated heterocycles. The summed E-state index contributed by atoms with van der Waals surface area (Å²) in [4.78, 5) is 26.8. The van der Waals surface area contributed by atoms with Gasteiger partial charge in [-0.25, -0.2) is 5.10 Å². The SMILES string of the molecule is C=CCN1C(=O)/C(=C2/Sc3ccccc3N2C)S/C1=N\c1ncn[nH]1. The van der Waals surface area contributed by atoms with Crippen LogP contribution in [-0.4, -0.2) is 44.7 Å². The number of benzene rings is 1. The summed E-state index contributed by atoms with van der Waals surface area (Å²) in [7, 11) is 1.97. The van der Waals surface area contributed by atoms with Crippen LogP contribution < -0.4 is 4.90 Å². The van der Waals surface area contributed by atoms with Crippen molar-refractivity contribution in [3.8, 4) is 0 Å². The van der Waals surface area contributed by atoms with Crippen molar-refractivity contribution >= 4 is 46.2 Å². The number of fused-ring (bicyclic) bond motifs is 1. The van der Waals surface area contributed by atoms with Gasteiger partial charge in [-0.1, -0.05) is 30.0 Å². The van der Waals surface area contributed by atoms with Gasteiger partial charge in [0.25, 0.3) is 5.91 Å². The zero-order valence-electron chi connectivity index (χ0n) is 13.3. The number of hydrogen-bond donors (Lipinski definition) is 1. The van der Waals surface area contributed by atoms with E-state index in [1.165, 1.54) is 18.1 Å². The third-order valence-corrected chi connectivity index (χ3v) is 6.14. The minimum atomic E-state index is -0.0784. The van der Waals surface area contributed by atoms with Gasteiger partial charge in [0, 0.05) is 18.5 Å². The summed E-state index contributed by atoms with van der Waals surface area (Å²) in [6.45, 7) is 4.12. The lowest BCUT2D eigenvalue weighted by Crippen LogP contribution is -2.29. The van der Waals surface area contributed by atoms with Crippen molar-refractivity contribution < 1.29 is 4.79 Å². The second kappa shape index (κ2) is 6.41. The van der Waals surface area contributed by atoms with E-state index in [9.17, 15) is 4.79 Å². The number of nitrogens with one attached hydrogen (secondary N) is 1. The van der Waals surface area contributed by atoms with Crippen LogP contribution in [0.2, 0.25) is 0 Å². The first-order valence-corrected chi connectivity index (χ1v) is 9.12. The van der Waals surface area contributed by atoms with Crippen LogP contribution in [0.3, 0.4) is 0 Å². The van der Waals surface area contributed by atoms with Gasteiger partial charge in [-0.2, -0.15) is 15.1 Å². The molecule has 2 aliphatic heterocycles. The van der Waals surface area contributed by atoms with E-state index in [0.29, 0.717) is 22.6 Å². The molecule has 25 heavy (non-hydrogen) atoms. The van der Waals surface area contributed by atoms with Gasteiger partial charge in [0.05, 0.1) is 10.7 Å². The fourth-order valence-electron chi connectivity index (χ4n) is 2.55. The Labute approximate surface area is 152 Å². The van der Waals surface area contributed by atoms with Crippen molar-refractivity contribution in [1.29, 1.82) is 0 Å². The second-order valence-electron chi connectivity index (χ2n) is 5.27. The van der Waals surface area contributed by atoms with Crippen molar-refractivity contribution in [2.24, 2.45) is 4.99 Å². The maximum absolute atomic E-state index is 13.0. The van der Waals surface area contributed by atoms with Gasteiger partial charge in [-0.15, -0.1) is 6.58 Å². The van der Waals surface area contributed by atoms with Crippen LogP contribution in [0.1, 0.15) is 0 Å². The van der Waals surface area contributed by atoms with E-state index in [1.54, 1.807) is 22.7 Å². The number of amides is 1. The Balaban J connectivity index is 1.74. The maximum atomic E-state index is 13.0. The highest BCUT2D eigenvalue weighted by molar-refractivity contribution is 8.19. The molecule has 1 fully saturated rings. The summed E-state index contributed by atoms with van der Waals surface area (Å²) in [6, 6.07) is 8.09. The molecular formula is C16H14N6OS2. The van der Waals surface area contributed by atoms with Crippen LogP contribution in [0.4, 0.5) is 11.6 Å². The van der Waals surface area contributed by atoms with Gasteiger partial charge in [0.2, 0.25) is 5.95 Å². The molecule has 9 heteroatoms. The summed E-state index contributed by atoms with van der Waals surface area (Å²) in [6.07, 6.45) is 3.07. The monoisotopic (exact) mass is 370 g/mol. The molecule has 7 nitrogen and oxygen atoms in total. The molecule has 4 rings (SSSR count). The average Bonchev–Trinajstić information content (AvgIpc) is 3.31. The number of thioether (sulfide) groups is 2. The molecule has 1 aromatic heterocycles. The van der Waals surface area contributed by atoms with Gasteiger partial charge in [-0.05, 0) is 23.9 Å². The van der Waals surface area contributed by atoms with Crippen molar-refractivity contribution in [2.75, 3.05) is 18.5 Å². The van der Waals surface area contributed by atoms with Gasteiger partial charge in [0.15, 0.2) is 5.17 Å². The number of carbonyl (C=O) groups is 1. The summed E-state index contributed by atoms with van der Waals surface area (Å²) in [5.74, 6) is 0.289. The molecule has 2 aromatic rings. The predicted molar refractivity (Wildman–Crippen MR) is 101 cm³/mol. The Hall–Kier alpha value is -2.52. The number of amidine groups is 1. The molecule has 0 radical (unpaired) electrons. The van der Waals surface area contributed by atoms with Crippen LogP contribution in [0.5, 0.6) is 0 Å². The Kier molecular flexibility index (Phi) is 4.10. The lowest BCUT2D eigenvalue weighted by molar-refractivity contribution is -0.121. The molecule has 126 valence electrons. The number of aromatic amines is 1. The van der Waals surface area contributed by atoms with Crippen molar-refractivity contribution in [3.05, 3.63) is 53.2 Å². The molecule has 0 aliphatic carbocycles. The largest absolute Gasteiger partial charge is 0.337 e. The lowest BCUT2D eigenvalue weighted by Gasteiger charge is -2.15. The number of rotatable bonds is 3. The van der Waals surface area contributed by atoms with Crippen molar-refractivity contribution in [2.45, 2.75) is 4.90 Å². The Morgan fingerprint density at radius 1 is 1.36 bits per heavy atom. The number of hydrogen-bond acceptors (Lipinski definition) is 7. The highest BCUT2D eigenvalue weighted by Gasteiger charge is 2.38. The van der Waals surface area contributed by atoms with Crippen LogP contribution in [0.25, 0.3) is 0 Å². The van der Waals surface area contributed by atoms with Crippen molar-refractivity contribution in [1.82, 2.24) is 20.1 Å². The fourth-order valence-corrected chi connectivity index (χ4v) is 4.89. The standard InChI is InChI=1S/C16H14N6OS2/c1-3-8-22-13(23)12(25-16(22)19-15-17-9-18-20-15)14-21(2)10-6-4-5-7-11(10)24-14/h3-7,9H,1,8H2,2H3,(H,17,18,20)/b14-12-,19-16-. The molecule has 1 amide bonds. The molecule has 1 N–H and O–H groups in total. The van der Waals surface area contributed by atoms with Crippen molar-refractivity contribution in [3.63, 3.8) is 0 Å². The van der Waals surface area contributed by atoms with E-state index in [4.69, 9.17) is 0 Å². The third-order valence-electron chi connectivity index (χ3n) is 3.71. The van der Waals surface area contributed by atoms with E-state index >= 15 is 0 Å². The molecule has 2 aliphatic rings. The number of H-pyrrole nitrogens is 1. The number of aromatic nitrogens is 3. The number of nitrogens with zero attached hydrogens (tertiary/aromatic N) is 5. The highest BCUT2D eigenvalue weighted by Crippen LogP contribution is 2.49. The summed E-state index contributed by atoms with van der Waals surface area (Å²) in [5, 5.41) is 7.96. The zero-order chi connectivity index (χ0) is 17.4. The summed E-state index contributed by atoms with van der Waals surface area (Å²) < 4.78 is 0. The minimum Gasteiger partial charge on any atom is -0.337 e. The topological polar surface area (TPSA) is 77.5 Å². The third kappa shape index (κ3) is 2.75. The van der Waals surface area contributed by atoms with E-state index < -0.39 is 0 Å². The average molecular weight is 370 g/mol. The highest BCUT2D eigenvalue weighted by atomic mass is 32.2. The molecule has 0 atom stereocenters. The summed E-state index contributed by atoms with van der Waals surface area (Å²) in [5.41, 5.74) is 1.10. The Morgan fingerprint density at radius 2 is 2.20 bits per heavy atom. The van der Waals surface area contributed by atoms with Crippen LogP contribution in [0, 0.1) is 0 Å². The smallest absolute Gasteiger partial charge is 0.269 e. The zero-order valence-corrected chi connectivity index (χ0v) is 15.0. The van der Waals surface area contributed by atoms with E-state index in [-0.39, 0.29) is 5.91 Å². The molecule has 0 spiro atoms. The predicted octanol–water partition coefficient (Wildman–Crippen LogP) is 2.96. The summed E-state index contributed by atoms with van der Waals surface area (Å²) >= 11 is 2.94. The van der Waals surface area contributed by atoms with Crippen LogP contribution in [0.15, 0.2) is 63.1 Å². The molecule has 0 saturated carbocycles. The quantitative estimate of drug-likeness (QED) is 0.661. The van der Waals surface area contributed by atoms with E-state index in [1.807, 2.05) is 30.1 Å². The van der Waals surface area contributed by atoms with Crippen LogP contribution >= 0.6 is 23.5 Å². The van der Waals surface area contributed by atoms with E-state index in [2.05, 4.69) is 32.8 Å². The molecule has 0 unspecified atom stereocenters. The maximum Gasteiger partial charge on any atom is 0.269 e. The van der Waals surface area contributed by atoms with Gasteiger partial charge < -0.3 is 4.90 Å². The van der Waals surface area contributed by atoms with Gasteiger partial charge in [0.1, 0.15) is 11.2 Å². The second-order valence-corrected chi connectivity index (χ2v) is 7.28. The molecule has 1 aromatic carbocycles. The molecular weight excluding hydrogens is 356 g/mol. The van der Waals surface area contributed by atoms with Gasteiger partial charge >= 0.3 is 0 Å². The first-order valence-electron chi connectivity index (χ1n) is 7.48.